The van der Waals surface area contributed by atoms with Gasteiger partial charge in [0.15, 0.2) is 0 Å². The van der Waals surface area contributed by atoms with Gasteiger partial charge in [0, 0.05) is 41.0 Å². The van der Waals surface area contributed by atoms with E-state index in [1.807, 2.05) is 0 Å². The molecule has 164 valence electrons. The number of nitrogens with zero attached hydrogens (tertiary/aromatic N) is 2. The fraction of sp³-hybridized carbons (Fsp3) is 0.619. The van der Waals surface area contributed by atoms with Crippen molar-refractivity contribution in [1.29, 1.82) is 0 Å². The van der Waals surface area contributed by atoms with Crippen molar-refractivity contribution in [3.63, 3.8) is 0 Å². The predicted molar refractivity (Wildman–Crippen MR) is 111 cm³/mol. The summed E-state index contributed by atoms with van der Waals surface area (Å²) in [6, 6.07) is 2.98. The zero-order chi connectivity index (χ0) is 21.3. The topological polar surface area (TPSA) is 81.2 Å². The van der Waals surface area contributed by atoms with E-state index in [0.29, 0.717) is 10.9 Å². The van der Waals surface area contributed by atoms with E-state index >= 15 is 8.78 Å². The molecule has 0 radical (unpaired) electrons. The molecule has 3 N–H and O–H groups in total. The Hall–Kier alpha value is -1.93. The minimum Gasteiger partial charge on any atom is -0.382 e. The maximum atomic E-state index is 15.2. The standard InChI is InChI=1S/C21H27ClF2N4O2/c22-15-10-13-12-25-27-18(13)17(11-15)19(29)21(23,24)14-6-8-28(9-7-14)20(30)26-16-4-2-1-3-5-16/h10-12,14,16,19,29H,1-9H2,(H,25,27)(H,26,30). The van der Waals surface area contributed by atoms with Gasteiger partial charge >= 0.3 is 6.03 Å². The van der Waals surface area contributed by atoms with Crippen LogP contribution in [-0.4, -0.2) is 51.3 Å². The summed E-state index contributed by atoms with van der Waals surface area (Å²) in [5.74, 6) is -4.38. The van der Waals surface area contributed by atoms with E-state index in [9.17, 15) is 9.90 Å². The number of fused-ring (bicyclic) bond motifs is 1. The third-order valence-corrected chi connectivity index (χ3v) is 6.68. The summed E-state index contributed by atoms with van der Waals surface area (Å²) in [7, 11) is 0. The van der Waals surface area contributed by atoms with Crippen molar-refractivity contribution in [3.8, 4) is 0 Å². The Bertz CT molecular complexity index is 892. The number of hydrogen-bond donors (Lipinski definition) is 3. The Morgan fingerprint density at radius 2 is 1.93 bits per heavy atom. The van der Waals surface area contributed by atoms with Crippen LogP contribution in [0.5, 0.6) is 0 Å². The van der Waals surface area contributed by atoms with Gasteiger partial charge in [-0.15, -0.1) is 0 Å². The molecule has 0 bridgehead atoms. The molecule has 2 aliphatic rings. The van der Waals surface area contributed by atoms with Crippen LogP contribution < -0.4 is 5.32 Å². The van der Waals surface area contributed by atoms with Crippen molar-refractivity contribution in [1.82, 2.24) is 20.4 Å². The summed E-state index contributed by atoms with van der Waals surface area (Å²) in [6.45, 7) is 0.501. The number of carbonyl (C=O) groups excluding carboxylic acids is 1. The monoisotopic (exact) mass is 440 g/mol. The molecule has 1 aromatic heterocycles. The minimum absolute atomic E-state index is 0.0393. The minimum atomic E-state index is -3.35. The van der Waals surface area contributed by atoms with E-state index in [4.69, 9.17) is 11.6 Å². The number of nitrogens with one attached hydrogen (secondary N) is 2. The Kier molecular flexibility index (Phi) is 6.16. The summed E-state index contributed by atoms with van der Waals surface area (Å²) >= 11 is 6.05. The summed E-state index contributed by atoms with van der Waals surface area (Å²) in [5.41, 5.74) is 0.397. The number of hydrogen-bond acceptors (Lipinski definition) is 3. The molecule has 6 nitrogen and oxygen atoms in total. The normalized spacial score (nSPS) is 20.5. The second kappa shape index (κ2) is 8.67. The van der Waals surface area contributed by atoms with Gasteiger partial charge in [0.25, 0.3) is 5.92 Å². The Morgan fingerprint density at radius 1 is 1.23 bits per heavy atom. The number of piperidine rings is 1. The first-order valence-electron chi connectivity index (χ1n) is 10.6. The van der Waals surface area contributed by atoms with Crippen LogP contribution >= 0.6 is 11.6 Å². The highest BCUT2D eigenvalue weighted by atomic mass is 35.5. The zero-order valence-corrected chi connectivity index (χ0v) is 17.5. The van der Waals surface area contributed by atoms with Gasteiger partial charge in [-0.1, -0.05) is 30.9 Å². The highest BCUT2D eigenvalue weighted by Gasteiger charge is 2.49. The highest BCUT2D eigenvalue weighted by molar-refractivity contribution is 6.31. The SMILES string of the molecule is O=C(NC1CCCCC1)N1CCC(C(F)(F)C(O)c2cc(Cl)cc3cn[nH]c23)CC1. The van der Waals surface area contributed by atoms with Crippen molar-refractivity contribution in [2.75, 3.05) is 13.1 Å². The van der Waals surface area contributed by atoms with Crippen molar-refractivity contribution in [2.45, 2.75) is 63.0 Å². The zero-order valence-electron chi connectivity index (χ0n) is 16.7. The van der Waals surface area contributed by atoms with Crippen LogP contribution in [0, 0.1) is 5.92 Å². The van der Waals surface area contributed by atoms with Crippen LogP contribution in [0.15, 0.2) is 18.3 Å². The molecule has 0 spiro atoms. The number of aromatic amines is 1. The number of carbonyl (C=O) groups is 1. The lowest BCUT2D eigenvalue weighted by Gasteiger charge is -2.38. The number of amides is 2. The molecule has 2 heterocycles. The van der Waals surface area contributed by atoms with Gasteiger partial charge in [-0.2, -0.15) is 5.10 Å². The van der Waals surface area contributed by atoms with Gasteiger partial charge in [-0.05, 0) is 37.8 Å². The summed E-state index contributed by atoms with van der Waals surface area (Å²) in [4.78, 5) is 14.1. The quantitative estimate of drug-likeness (QED) is 0.647. The first-order valence-corrected chi connectivity index (χ1v) is 11.0. The van der Waals surface area contributed by atoms with Gasteiger partial charge < -0.3 is 15.3 Å². The van der Waals surface area contributed by atoms with Crippen molar-refractivity contribution in [3.05, 3.63) is 28.9 Å². The van der Waals surface area contributed by atoms with Crippen molar-refractivity contribution in [2.24, 2.45) is 5.92 Å². The molecule has 1 unspecified atom stereocenters. The molecule has 1 saturated carbocycles. The van der Waals surface area contributed by atoms with Gasteiger partial charge in [-0.3, -0.25) is 5.10 Å². The lowest BCUT2D eigenvalue weighted by molar-refractivity contribution is -0.159. The number of H-pyrrole nitrogens is 1. The average molecular weight is 441 g/mol. The number of aliphatic hydroxyl groups is 1. The molecule has 1 aliphatic heterocycles. The molecular weight excluding hydrogens is 414 g/mol. The largest absolute Gasteiger partial charge is 0.382 e. The fourth-order valence-electron chi connectivity index (χ4n) is 4.67. The van der Waals surface area contributed by atoms with Gasteiger partial charge in [0.1, 0.15) is 6.10 Å². The molecule has 9 heteroatoms. The van der Waals surface area contributed by atoms with Crippen LogP contribution in [0.1, 0.15) is 56.6 Å². The third kappa shape index (κ3) is 4.25. The first-order chi connectivity index (χ1) is 14.4. The maximum absolute atomic E-state index is 15.2. The van der Waals surface area contributed by atoms with Crippen LogP contribution in [0.4, 0.5) is 13.6 Å². The van der Waals surface area contributed by atoms with Crippen molar-refractivity contribution < 1.29 is 18.7 Å². The smallest absolute Gasteiger partial charge is 0.317 e. The highest BCUT2D eigenvalue weighted by Crippen LogP contribution is 2.44. The number of alkyl halides is 2. The fourth-order valence-corrected chi connectivity index (χ4v) is 4.91. The number of halogens is 3. The number of aromatic nitrogens is 2. The van der Waals surface area contributed by atoms with Crippen molar-refractivity contribution >= 4 is 28.5 Å². The van der Waals surface area contributed by atoms with Crippen LogP contribution in [0.2, 0.25) is 5.02 Å². The molecule has 2 aromatic rings. The number of aliphatic hydroxyl groups excluding tert-OH is 1. The number of urea groups is 1. The van der Waals surface area contributed by atoms with E-state index in [1.54, 1.807) is 11.0 Å². The molecule has 2 amide bonds. The van der Waals surface area contributed by atoms with Crippen LogP contribution in [-0.2, 0) is 0 Å². The molecular formula is C21H27ClF2N4O2. The van der Waals surface area contributed by atoms with Crippen LogP contribution in [0.25, 0.3) is 10.9 Å². The third-order valence-electron chi connectivity index (χ3n) is 6.46. The number of benzene rings is 1. The summed E-state index contributed by atoms with van der Waals surface area (Å²) in [6.07, 6.45) is 5.14. The maximum Gasteiger partial charge on any atom is 0.317 e. The molecule has 1 aliphatic carbocycles. The Balaban J connectivity index is 1.40. The summed E-state index contributed by atoms with van der Waals surface area (Å²) < 4.78 is 30.4. The molecule has 1 aromatic carbocycles. The molecule has 1 saturated heterocycles. The second-order valence-corrected chi connectivity index (χ2v) is 8.89. The average Bonchev–Trinajstić information content (AvgIpc) is 3.21. The van der Waals surface area contributed by atoms with Crippen LogP contribution in [0.3, 0.4) is 0 Å². The van der Waals surface area contributed by atoms with E-state index in [2.05, 4.69) is 15.5 Å². The molecule has 1 atom stereocenters. The molecule has 2 fully saturated rings. The Morgan fingerprint density at radius 3 is 2.63 bits per heavy atom. The van der Waals surface area contributed by atoms with E-state index in [0.717, 1.165) is 25.7 Å². The van der Waals surface area contributed by atoms with Gasteiger partial charge in [0.2, 0.25) is 0 Å². The van der Waals surface area contributed by atoms with Gasteiger partial charge in [-0.25, -0.2) is 13.6 Å². The lowest BCUT2D eigenvalue weighted by atomic mass is 9.85. The Labute approximate surface area is 179 Å². The lowest BCUT2D eigenvalue weighted by Crippen LogP contribution is -2.50. The van der Waals surface area contributed by atoms with E-state index < -0.39 is 17.9 Å². The predicted octanol–water partition coefficient (Wildman–Crippen LogP) is 4.64. The van der Waals surface area contributed by atoms with E-state index in [-0.39, 0.29) is 48.6 Å². The number of likely N-dealkylation sites (tertiary alicyclic amines) is 1. The second-order valence-electron chi connectivity index (χ2n) is 8.45. The van der Waals surface area contributed by atoms with Gasteiger partial charge in [0.05, 0.1) is 11.7 Å². The molecule has 30 heavy (non-hydrogen) atoms. The first kappa shape index (κ1) is 21.3. The number of rotatable bonds is 4. The molecule has 4 rings (SSSR count). The summed E-state index contributed by atoms with van der Waals surface area (Å²) in [5, 5.41) is 21.0. The van der Waals surface area contributed by atoms with E-state index in [1.165, 1.54) is 18.7 Å².